The molecule has 2 aliphatic rings. The van der Waals surface area contributed by atoms with E-state index in [2.05, 4.69) is 15.3 Å². The molecule has 1 N–H and O–H groups in total. The minimum atomic E-state index is 0.309. The van der Waals surface area contributed by atoms with E-state index < -0.39 is 0 Å². The molecule has 74 valence electrons. The smallest absolute Gasteiger partial charge is 0.268 e. The quantitative estimate of drug-likeness (QED) is 0.741. The van der Waals surface area contributed by atoms with Gasteiger partial charge >= 0.3 is 0 Å². The number of ether oxygens (including phenoxy) is 2. The maximum atomic E-state index is 5.47. The summed E-state index contributed by atoms with van der Waals surface area (Å²) in [7, 11) is 0. The van der Waals surface area contributed by atoms with Gasteiger partial charge in [-0.3, -0.25) is 0 Å². The first-order valence-corrected chi connectivity index (χ1v) is 4.82. The van der Waals surface area contributed by atoms with Gasteiger partial charge in [-0.05, 0) is 12.8 Å². The Morgan fingerprint density at radius 2 is 2.57 bits per heavy atom. The van der Waals surface area contributed by atoms with E-state index in [-0.39, 0.29) is 0 Å². The molecule has 14 heavy (non-hydrogen) atoms. The number of hydrogen-bond donors (Lipinski definition) is 1. The Bertz CT molecular complexity index is 350. The molecule has 1 aromatic heterocycles. The third kappa shape index (κ3) is 1.50. The summed E-state index contributed by atoms with van der Waals surface area (Å²) in [5.41, 5.74) is 0. The molecule has 0 spiro atoms. The molecule has 3 heterocycles. The summed E-state index contributed by atoms with van der Waals surface area (Å²) in [4.78, 5) is 8.22. The number of fused-ring (bicyclic) bond motifs is 1. The van der Waals surface area contributed by atoms with Crippen LogP contribution in [-0.4, -0.2) is 29.2 Å². The number of hydrogen-bond acceptors (Lipinski definition) is 5. The summed E-state index contributed by atoms with van der Waals surface area (Å²) in [5.74, 6) is 2.10. The van der Waals surface area contributed by atoms with Gasteiger partial charge in [-0.15, -0.1) is 0 Å². The summed E-state index contributed by atoms with van der Waals surface area (Å²) in [6.45, 7) is 1.65. The molecule has 3 rings (SSSR count). The molecule has 2 aliphatic heterocycles. The molecule has 1 unspecified atom stereocenters. The zero-order valence-electron chi connectivity index (χ0n) is 7.69. The highest BCUT2D eigenvalue weighted by Crippen LogP contribution is 2.42. The van der Waals surface area contributed by atoms with Crippen LogP contribution in [0.3, 0.4) is 0 Å². The molecule has 1 fully saturated rings. The molecule has 0 bridgehead atoms. The van der Waals surface area contributed by atoms with Gasteiger partial charge in [0.2, 0.25) is 11.7 Å². The van der Waals surface area contributed by atoms with Gasteiger partial charge in [-0.2, -0.15) is 4.98 Å². The second-order valence-electron chi connectivity index (χ2n) is 3.48. The van der Waals surface area contributed by atoms with Gasteiger partial charge in [0.05, 0.1) is 12.3 Å². The number of rotatable bonds is 3. The molecule has 5 nitrogen and oxygen atoms in total. The van der Waals surface area contributed by atoms with E-state index in [4.69, 9.17) is 9.47 Å². The first kappa shape index (κ1) is 7.99. The lowest BCUT2D eigenvalue weighted by molar-refractivity contribution is 0.120. The van der Waals surface area contributed by atoms with Crippen LogP contribution < -0.4 is 10.1 Å². The first-order chi connectivity index (χ1) is 6.92. The van der Waals surface area contributed by atoms with E-state index in [0.29, 0.717) is 17.9 Å². The zero-order chi connectivity index (χ0) is 9.38. The van der Waals surface area contributed by atoms with Gasteiger partial charge in [0.1, 0.15) is 0 Å². The number of nitrogens with one attached hydrogen (secondary N) is 1. The van der Waals surface area contributed by atoms with Crippen molar-refractivity contribution in [2.24, 2.45) is 0 Å². The number of aromatic nitrogens is 2. The van der Waals surface area contributed by atoms with Crippen LogP contribution in [0.4, 0.5) is 5.95 Å². The molecule has 5 heteroatoms. The Balaban J connectivity index is 1.57. The van der Waals surface area contributed by atoms with Crippen LogP contribution in [0.15, 0.2) is 6.20 Å². The van der Waals surface area contributed by atoms with Gasteiger partial charge in [0, 0.05) is 13.2 Å². The Labute approximate surface area is 81.5 Å². The second kappa shape index (κ2) is 3.09. The van der Waals surface area contributed by atoms with Gasteiger partial charge in [-0.1, -0.05) is 0 Å². The van der Waals surface area contributed by atoms with E-state index in [9.17, 15) is 0 Å². The van der Waals surface area contributed by atoms with Crippen molar-refractivity contribution in [3.8, 4) is 11.6 Å². The minimum Gasteiger partial charge on any atom is -0.428 e. The largest absolute Gasteiger partial charge is 0.428 e. The fraction of sp³-hybridized carbons (Fsp3) is 0.556. The number of nitrogens with zero attached hydrogens (tertiary/aromatic N) is 2. The molecule has 0 aromatic carbocycles. The van der Waals surface area contributed by atoms with Crippen LogP contribution in [-0.2, 0) is 4.74 Å². The third-order valence-corrected chi connectivity index (χ3v) is 2.40. The Morgan fingerprint density at radius 3 is 3.36 bits per heavy atom. The lowest BCUT2D eigenvalue weighted by Gasteiger charge is -2.09. The normalized spacial score (nSPS) is 22.7. The van der Waals surface area contributed by atoms with E-state index in [1.54, 1.807) is 6.20 Å². The van der Waals surface area contributed by atoms with Gasteiger partial charge in [0.15, 0.2) is 0 Å². The molecule has 0 aliphatic carbocycles. The summed E-state index contributed by atoms with van der Waals surface area (Å²) in [6.07, 6.45) is 4.26. The van der Waals surface area contributed by atoms with Crippen LogP contribution in [0.2, 0.25) is 0 Å². The monoisotopic (exact) mass is 193 g/mol. The standard InChI is InChI=1S/C9H11N3O2/c1-2-6(13-3-1)4-10-9-11-5-7-8(12-9)14-7/h5-6H,1-4H2,(H,10,11,12). The van der Waals surface area contributed by atoms with Gasteiger partial charge < -0.3 is 14.8 Å². The van der Waals surface area contributed by atoms with Crippen molar-refractivity contribution in [3.63, 3.8) is 0 Å². The highest BCUT2D eigenvalue weighted by atomic mass is 16.6. The van der Waals surface area contributed by atoms with Crippen molar-refractivity contribution < 1.29 is 9.47 Å². The van der Waals surface area contributed by atoms with Gasteiger partial charge in [0.25, 0.3) is 5.88 Å². The lowest BCUT2D eigenvalue weighted by atomic mass is 10.2. The van der Waals surface area contributed by atoms with Crippen molar-refractivity contribution in [1.82, 2.24) is 9.97 Å². The molecule has 1 saturated heterocycles. The van der Waals surface area contributed by atoms with E-state index >= 15 is 0 Å². The highest BCUT2D eigenvalue weighted by Gasteiger charge is 2.23. The maximum Gasteiger partial charge on any atom is 0.268 e. The van der Waals surface area contributed by atoms with Crippen molar-refractivity contribution in [2.75, 3.05) is 18.5 Å². The third-order valence-electron chi connectivity index (χ3n) is 2.40. The van der Waals surface area contributed by atoms with E-state index in [1.165, 1.54) is 0 Å². The van der Waals surface area contributed by atoms with Crippen molar-refractivity contribution >= 4 is 5.95 Å². The molecular weight excluding hydrogens is 182 g/mol. The molecular formula is C9H11N3O2. The summed E-state index contributed by atoms with van der Waals surface area (Å²) in [6, 6.07) is 0. The molecule has 0 radical (unpaired) electrons. The summed E-state index contributed by atoms with van der Waals surface area (Å²) in [5, 5.41) is 3.13. The fourth-order valence-corrected chi connectivity index (χ4v) is 1.58. The summed E-state index contributed by atoms with van der Waals surface area (Å²) >= 11 is 0. The van der Waals surface area contributed by atoms with Gasteiger partial charge in [-0.25, -0.2) is 4.98 Å². The van der Waals surface area contributed by atoms with Crippen LogP contribution in [0, 0.1) is 0 Å². The van der Waals surface area contributed by atoms with Crippen molar-refractivity contribution in [2.45, 2.75) is 18.9 Å². The molecule has 1 atom stereocenters. The average molecular weight is 193 g/mol. The van der Waals surface area contributed by atoms with E-state index in [1.807, 2.05) is 0 Å². The fourth-order valence-electron chi connectivity index (χ4n) is 1.58. The minimum absolute atomic E-state index is 0.309. The van der Waals surface area contributed by atoms with Crippen LogP contribution in [0.1, 0.15) is 12.8 Å². The van der Waals surface area contributed by atoms with Crippen molar-refractivity contribution in [1.29, 1.82) is 0 Å². The zero-order valence-corrected chi connectivity index (χ0v) is 7.69. The Morgan fingerprint density at radius 1 is 1.57 bits per heavy atom. The van der Waals surface area contributed by atoms with Crippen LogP contribution in [0.5, 0.6) is 11.6 Å². The van der Waals surface area contributed by atoms with E-state index in [0.717, 1.165) is 31.7 Å². The Hall–Kier alpha value is -1.36. The predicted molar refractivity (Wildman–Crippen MR) is 49.6 cm³/mol. The predicted octanol–water partition coefficient (Wildman–Crippen LogP) is 1.17. The lowest BCUT2D eigenvalue weighted by Crippen LogP contribution is -2.19. The second-order valence-corrected chi connectivity index (χ2v) is 3.48. The topological polar surface area (TPSA) is 59.6 Å². The maximum absolute atomic E-state index is 5.47. The Kier molecular flexibility index (Phi) is 1.77. The SMILES string of the molecule is c1nc(NCC2CCCO2)nc2c1O2. The highest BCUT2D eigenvalue weighted by molar-refractivity contribution is 5.49. The van der Waals surface area contributed by atoms with Crippen molar-refractivity contribution in [3.05, 3.63) is 6.20 Å². The first-order valence-electron chi connectivity index (χ1n) is 4.82. The molecule has 0 saturated carbocycles. The van der Waals surface area contributed by atoms with Crippen LogP contribution in [0.25, 0.3) is 0 Å². The average Bonchev–Trinajstić information content (AvgIpc) is 2.79. The molecule has 0 amide bonds. The number of anilines is 1. The molecule has 1 aromatic rings. The summed E-state index contributed by atoms with van der Waals surface area (Å²) < 4.78 is 10.5. The van der Waals surface area contributed by atoms with Crippen LogP contribution >= 0.6 is 0 Å².